The number of nitro benzene ring substituents is 1. The van der Waals surface area contributed by atoms with E-state index in [1.807, 2.05) is 24.3 Å². The van der Waals surface area contributed by atoms with Gasteiger partial charge in [0.25, 0.3) is 11.6 Å². The zero-order chi connectivity index (χ0) is 17.5. The normalized spacial score (nSPS) is 10.4. The molecule has 0 aliphatic rings. The molecule has 0 unspecified atom stereocenters. The summed E-state index contributed by atoms with van der Waals surface area (Å²) in [5, 5.41) is 13.9. The fraction of sp³-hybridized carbons (Fsp3) is 0.316. The lowest BCUT2D eigenvalue weighted by molar-refractivity contribution is -0.385. The van der Waals surface area contributed by atoms with Gasteiger partial charge in [-0.05, 0) is 43.5 Å². The molecule has 126 valence electrons. The molecule has 0 spiro atoms. The van der Waals surface area contributed by atoms with Crippen LogP contribution in [-0.4, -0.2) is 10.8 Å². The molecule has 1 N–H and O–H groups in total. The summed E-state index contributed by atoms with van der Waals surface area (Å²) in [5.41, 5.74) is 2.26. The molecule has 0 aliphatic heterocycles. The van der Waals surface area contributed by atoms with Crippen molar-refractivity contribution in [3.63, 3.8) is 0 Å². The minimum Gasteiger partial charge on any atom is -0.322 e. The second-order valence-electron chi connectivity index (χ2n) is 5.84. The van der Waals surface area contributed by atoms with Crippen LogP contribution in [0.1, 0.15) is 47.7 Å². The van der Waals surface area contributed by atoms with Crippen LogP contribution in [0.3, 0.4) is 0 Å². The number of hydrogen-bond acceptors (Lipinski definition) is 3. The van der Waals surface area contributed by atoms with Crippen LogP contribution in [0.5, 0.6) is 0 Å². The van der Waals surface area contributed by atoms with Gasteiger partial charge >= 0.3 is 0 Å². The van der Waals surface area contributed by atoms with E-state index in [1.54, 1.807) is 19.1 Å². The molecule has 2 rings (SSSR count). The molecule has 0 saturated heterocycles. The molecule has 0 bridgehead atoms. The zero-order valence-electron chi connectivity index (χ0n) is 14.0. The first-order valence-electron chi connectivity index (χ1n) is 8.17. The molecular weight excluding hydrogens is 304 g/mol. The third-order valence-corrected chi connectivity index (χ3v) is 3.95. The van der Waals surface area contributed by atoms with Crippen molar-refractivity contribution in [1.29, 1.82) is 0 Å². The maximum Gasteiger partial charge on any atom is 0.285 e. The maximum absolute atomic E-state index is 12.4. The molecule has 0 heterocycles. The molecule has 24 heavy (non-hydrogen) atoms. The van der Waals surface area contributed by atoms with Crippen molar-refractivity contribution in [3.05, 3.63) is 69.3 Å². The number of aryl methyl sites for hydroxylation is 2. The van der Waals surface area contributed by atoms with Crippen LogP contribution in [-0.2, 0) is 6.42 Å². The number of anilines is 1. The first-order valence-corrected chi connectivity index (χ1v) is 8.17. The molecule has 0 atom stereocenters. The van der Waals surface area contributed by atoms with E-state index in [1.165, 1.54) is 24.5 Å². The molecular formula is C19H22N2O3. The molecule has 2 aromatic rings. The Bertz CT molecular complexity index is 724. The van der Waals surface area contributed by atoms with Crippen LogP contribution < -0.4 is 5.32 Å². The van der Waals surface area contributed by atoms with Crippen LogP contribution in [0.4, 0.5) is 11.4 Å². The van der Waals surface area contributed by atoms with Crippen molar-refractivity contribution in [2.24, 2.45) is 0 Å². The minimum absolute atomic E-state index is 0.0759. The average Bonchev–Trinajstić information content (AvgIpc) is 2.56. The molecule has 0 saturated carbocycles. The number of benzene rings is 2. The van der Waals surface area contributed by atoms with Crippen LogP contribution in [0.15, 0.2) is 42.5 Å². The predicted octanol–water partition coefficient (Wildman–Crippen LogP) is 4.89. The SMILES string of the molecule is CCCCCc1ccc(NC(=O)c2cccc(C)c2[N+](=O)[O-])cc1. The fourth-order valence-corrected chi connectivity index (χ4v) is 2.62. The van der Waals surface area contributed by atoms with Crippen molar-refractivity contribution < 1.29 is 9.72 Å². The number of carbonyl (C=O) groups is 1. The number of para-hydroxylation sites is 1. The lowest BCUT2D eigenvalue weighted by Crippen LogP contribution is -2.14. The Morgan fingerprint density at radius 2 is 1.83 bits per heavy atom. The number of carbonyl (C=O) groups excluding carboxylic acids is 1. The Morgan fingerprint density at radius 1 is 1.12 bits per heavy atom. The van der Waals surface area contributed by atoms with Crippen molar-refractivity contribution >= 4 is 17.3 Å². The minimum atomic E-state index is -0.513. The Kier molecular flexibility index (Phi) is 6.07. The first kappa shape index (κ1) is 17.7. The highest BCUT2D eigenvalue weighted by atomic mass is 16.6. The number of unbranched alkanes of at least 4 members (excludes halogenated alkanes) is 2. The second kappa shape index (κ2) is 8.24. The van der Waals surface area contributed by atoms with E-state index >= 15 is 0 Å². The standard InChI is InChI=1S/C19H22N2O3/c1-3-4-5-8-15-10-12-16(13-11-15)20-19(22)17-9-6-7-14(2)18(17)21(23)24/h6-7,9-13H,3-5,8H2,1-2H3,(H,20,22). The van der Waals surface area contributed by atoms with E-state index in [9.17, 15) is 14.9 Å². The van der Waals surface area contributed by atoms with Gasteiger partial charge in [0.15, 0.2) is 0 Å². The van der Waals surface area contributed by atoms with Gasteiger partial charge in [-0.2, -0.15) is 0 Å². The maximum atomic E-state index is 12.4. The van der Waals surface area contributed by atoms with Gasteiger partial charge in [0, 0.05) is 11.3 Å². The molecule has 2 aromatic carbocycles. The van der Waals surface area contributed by atoms with E-state index < -0.39 is 10.8 Å². The van der Waals surface area contributed by atoms with Gasteiger partial charge in [-0.25, -0.2) is 0 Å². The molecule has 0 radical (unpaired) electrons. The van der Waals surface area contributed by atoms with Crippen LogP contribution in [0.2, 0.25) is 0 Å². The molecule has 5 nitrogen and oxygen atoms in total. The Balaban J connectivity index is 2.10. The van der Waals surface area contributed by atoms with E-state index in [0.717, 1.165) is 12.8 Å². The summed E-state index contributed by atoms with van der Waals surface area (Å²) in [4.78, 5) is 23.1. The number of nitrogens with zero attached hydrogens (tertiary/aromatic N) is 1. The molecule has 0 fully saturated rings. The summed E-state index contributed by atoms with van der Waals surface area (Å²) in [5.74, 6) is -0.468. The summed E-state index contributed by atoms with van der Waals surface area (Å²) in [6, 6.07) is 12.4. The molecule has 5 heteroatoms. The topological polar surface area (TPSA) is 72.2 Å². The molecule has 0 aliphatic carbocycles. The highest BCUT2D eigenvalue weighted by Crippen LogP contribution is 2.24. The van der Waals surface area contributed by atoms with Crippen LogP contribution in [0, 0.1) is 17.0 Å². The lowest BCUT2D eigenvalue weighted by Gasteiger charge is -2.08. The van der Waals surface area contributed by atoms with Crippen LogP contribution >= 0.6 is 0 Å². The number of nitrogens with one attached hydrogen (secondary N) is 1. The Morgan fingerprint density at radius 3 is 2.46 bits per heavy atom. The van der Waals surface area contributed by atoms with Gasteiger partial charge < -0.3 is 5.32 Å². The van der Waals surface area contributed by atoms with E-state index in [-0.39, 0.29) is 11.3 Å². The van der Waals surface area contributed by atoms with Crippen molar-refractivity contribution in [1.82, 2.24) is 0 Å². The van der Waals surface area contributed by atoms with Crippen LogP contribution in [0.25, 0.3) is 0 Å². The number of amides is 1. The fourth-order valence-electron chi connectivity index (χ4n) is 2.62. The third kappa shape index (κ3) is 4.41. The predicted molar refractivity (Wildman–Crippen MR) is 95.5 cm³/mol. The second-order valence-corrected chi connectivity index (χ2v) is 5.84. The summed E-state index contributed by atoms with van der Waals surface area (Å²) >= 11 is 0. The van der Waals surface area contributed by atoms with Gasteiger partial charge in [0.05, 0.1) is 4.92 Å². The van der Waals surface area contributed by atoms with Gasteiger partial charge in [0.1, 0.15) is 5.56 Å². The molecule has 0 aromatic heterocycles. The van der Waals surface area contributed by atoms with Gasteiger partial charge in [-0.1, -0.05) is 44.0 Å². The van der Waals surface area contributed by atoms with Gasteiger partial charge in [-0.15, -0.1) is 0 Å². The largest absolute Gasteiger partial charge is 0.322 e. The Hall–Kier alpha value is -2.69. The number of rotatable bonds is 7. The zero-order valence-corrected chi connectivity index (χ0v) is 14.0. The van der Waals surface area contributed by atoms with E-state index in [0.29, 0.717) is 11.3 Å². The van der Waals surface area contributed by atoms with Crippen molar-refractivity contribution in [2.45, 2.75) is 39.5 Å². The summed E-state index contributed by atoms with van der Waals surface area (Å²) in [6.45, 7) is 3.79. The highest BCUT2D eigenvalue weighted by Gasteiger charge is 2.22. The van der Waals surface area contributed by atoms with Gasteiger partial charge in [0.2, 0.25) is 0 Å². The Labute approximate surface area is 141 Å². The van der Waals surface area contributed by atoms with Crippen molar-refractivity contribution in [3.8, 4) is 0 Å². The average molecular weight is 326 g/mol. The van der Waals surface area contributed by atoms with Gasteiger partial charge in [-0.3, -0.25) is 14.9 Å². The molecule has 1 amide bonds. The van der Waals surface area contributed by atoms with Crippen molar-refractivity contribution in [2.75, 3.05) is 5.32 Å². The third-order valence-electron chi connectivity index (χ3n) is 3.95. The lowest BCUT2D eigenvalue weighted by atomic mass is 10.1. The summed E-state index contributed by atoms with van der Waals surface area (Å²) < 4.78 is 0. The quantitative estimate of drug-likeness (QED) is 0.447. The number of nitro groups is 1. The van der Waals surface area contributed by atoms with E-state index in [2.05, 4.69) is 12.2 Å². The summed E-state index contributed by atoms with van der Waals surface area (Å²) in [6.07, 6.45) is 4.56. The smallest absolute Gasteiger partial charge is 0.285 e. The first-order chi connectivity index (χ1) is 11.5. The van der Waals surface area contributed by atoms with E-state index in [4.69, 9.17) is 0 Å². The highest BCUT2D eigenvalue weighted by molar-refractivity contribution is 6.07. The monoisotopic (exact) mass is 326 g/mol. The number of hydrogen-bond donors (Lipinski definition) is 1. The summed E-state index contributed by atoms with van der Waals surface area (Å²) in [7, 11) is 0.